The molecule has 1 fully saturated rings. The van der Waals surface area contributed by atoms with Crippen LogP contribution < -0.4 is 10.6 Å². The van der Waals surface area contributed by atoms with Gasteiger partial charge in [0.15, 0.2) is 0 Å². The highest BCUT2D eigenvalue weighted by Gasteiger charge is 2.17. The van der Waals surface area contributed by atoms with E-state index in [0.717, 1.165) is 38.4 Å². The molecular formula is C18H22N4O2. The molecule has 0 unspecified atom stereocenters. The lowest BCUT2D eigenvalue weighted by Crippen LogP contribution is -2.46. The van der Waals surface area contributed by atoms with Gasteiger partial charge in [-0.05, 0) is 35.9 Å². The Hall–Kier alpha value is -2.60. The normalized spacial score (nSPS) is 15.3. The Labute approximate surface area is 141 Å². The number of anilines is 2. The van der Waals surface area contributed by atoms with Crippen LogP contribution in [0.2, 0.25) is 0 Å². The average Bonchev–Trinajstić information content (AvgIpc) is 2.64. The summed E-state index contributed by atoms with van der Waals surface area (Å²) in [5.74, 6) is 0.252. The number of pyridine rings is 1. The number of piperazine rings is 1. The third-order valence-corrected chi connectivity index (χ3v) is 4.28. The largest absolute Gasteiger partial charge is 0.465 e. The van der Waals surface area contributed by atoms with Crippen molar-refractivity contribution in [2.24, 2.45) is 0 Å². The quantitative estimate of drug-likeness (QED) is 0.864. The minimum atomic E-state index is -0.302. The Morgan fingerprint density at radius 3 is 2.42 bits per heavy atom. The van der Waals surface area contributed by atoms with Crippen LogP contribution >= 0.6 is 0 Å². The molecule has 0 spiro atoms. The van der Waals surface area contributed by atoms with Crippen molar-refractivity contribution in [3.8, 4) is 0 Å². The molecule has 1 aliphatic heterocycles. The zero-order chi connectivity index (χ0) is 16.9. The van der Waals surface area contributed by atoms with Crippen molar-refractivity contribution < 1.29 is 9.53 Å². The molecule has 1 aromatic heterocycles. The highest BCUT2D eigenvalue weighted by atomic mass is 16.5. The van der Waals surface area contributed by atoms with Crippen molar-refractivity contribution in [3.63, 3.8) is 0 Å². The van der Waals surface area contributed by atoms with Gasteiger partial charge in [0.25, 0.3) is 0 Å². The van der Waals surface area contributed by atoms with E-state index in [0.29, 0.717) is 11.4 Å². The second kappa shape index (κ2) is 7.31. The number of esters is 1. The molecule has 2 aromatic rings. The number of ether oxygens (including phenoxy) is 1. The van der Waals surface area contributed by atoms with E-state index < -0.39 is 0 Å². The topological polar surface area (TPSA) is 71.7 Å². The summed E-state index contributed by atoms with van der Waals surface area (Å²) in [7, 11) is 1.39. The summed E-state index contributed by atoms with van der Waals surface area (Å²) in [5.41, 5.74) is 8.52. The van der Waals surface area contributed by atoms with Crippen LogP contribution in [0.1, 0.15) is 15.9 Å². The Bertz CT molecular complexity index is 677. The second-order valence-corrected chi connectivity index (χ2v) is 5.89. The molecule has 1 aliphatic rings. The molecule has 0 saturated carbocycles. The highest BCUT2D eigenvalue weighted by Crippen LogP contribution is 2.18. The molecule has 0 radical (unpaired) electrons. The van der Waals surface area contributed by atoms with Crippen LogP contribution in [-0.2, 0) is 11.3 Å². The molecule has 3 rings (SSSR count). The maximum Gasteiger partial charge on any atom is 0.337 e. The number of rotatable bonds is 4. The molecule has 24 heavy (non-hydrogen) atoms. The summed E-state index contributed by atoms with van der Waals surface area (Å²) < 4.78 is 4.73. The number of hydrogen-bond acceptors (Lipinski definition) is 6. The van der Waals surface area contributed by atoms with E-state index in [9.17, 15) is 4.79 Å². The van der Waals surface area contributed by atoms with Crippen LogP contribution in [0.5, 0.6) is 0 Å². The van der Waals surface area contributed by atoms with Crippen molar-refractivity contribution in [2.45, 2.75) is 6.54 Å². The van der Waals surface area contributed by atoms with Gasteiger partial charge < -0.3 is 15.4 Å². The zero-order valence-electron chi connectivity index (χ0n) is 13.8. The maximum atomic E-state index is 11.5. The smallest absolute Gasteiger partial charge is 0.337 e. The summed E-state index contributed by atoms with van der Waals surface area (Å²) in [6.45, 7) is 4.79. The monoisotopic (exact) mass is 326 g/mol. The van der Waals surface area contributed by atoms with Crippen LogP contribution in [0.25, 0.3) is 0 Å². The fraction of sp³-hybridized carbons (Fsp3) is 0.333. The lowest BCUT2D eigenvalue weighted by molar-refractivity contribution is 0.0601. The number of hydrogen-bond donors (Lipinski definition) is 1. The van der Waals surface area contributed by atoms with Gasteiger partial charge in [-0.15, -0.1) is 0 Å². The molecule has 2 N–H and O–H groups in total. The van der Waals surface area contributed by atoms with E-state index in [2.05, 4.69) is 14.8 Å². The predicted octanol–water partition coefficient (Wildman–Crippen LogP) is 1.77. The third-order valence-electron chi connectivity index (χ3n) is 4.28. The van der Waals surface area contributed by atoms with Crippen molar-refractivity contribution in [3.05, 3.63) is 53.7 Å². The fourth-order valence-electron chi connectivity index (χ4n) is 2.88. The molecule has 1 aromatic carbocycles. The van der Waals surface area contributed by atoms with E-state index in [1.165, 1.54) is 12.7 Å². The lowest BCUT2D eigenvalue weighted by Gasteiger charge is -2.36. The summed E-state index contributed by atoms with van der Waals surface area (Å²) in [4.78, 5) is 20.4. The number of aromatic nitrogens is 1. The molecule has 2 heterocycles. The molecule has 0 bridgehead atoms. The van der Waals surface area contributed by atoms with Crippen LogP contribution in [-0.4, -0.2) is 49.1 Å². The van der Waals surface area contributed by atoms with Gasteiger partial charge in [-0.25, -0.2) is 9.78 Å². The summed E-state index contributed by atoms with van der Waals surface area (Å²) in [6, 6.07) is 11.5. The molecule has 6 nitrogen and oxygen atoms in total. The van der Waals surface area contributed by atoms with Crippen molar-refractivity contribution in [1.82, 2.24) is 9.88 Å². The first-order valence-corrected chi connectivity index (χ1v) is 8.02. The van der Waals surface area contributed by atoms with Gasteiger partial charge in [0, 0.05) is 44.6 Å². The number of carbonyl (C=O) groups excluding carboxylic acids is 1. The number of benzene rings is 1. The first-order chi connectivity index (χ1) is 11.7. The Kier molecular flexibility index (Phi) is 4.96. The van der Waals surface area contributed by atoms with Crippen molar-refractivity contribution >= 4 is 17.5 Å². The minimum absolute atomic E-state index is 0.302. The van der Waals surface area contributed by atoms with Gasteiger partial charge in [0.1, 0.15) is 5.82 Å². The lowest BCUT2D eigenvalue weighted by atomic mass is 10.1. The number of carbonyl (C=O) groups is 1. The Balaban J connectivity index is 1.54. The van der Waals surface area contributed by atoms with E-state index in [1.54, 1.807) is 0 Å². The summed E-state index contributed by atoms with van der Waals surface area (Å²) in [6.07, 6.45) is 1.84. The van der Waals surface area contributed by atoms with Gasteiger partial charge >= 0.3 is 5.97 Å². The standard InChI is InChI=1S/C18H22N4O2/c1-24-18(23)15-3-5-16(6-4-15)22-10-8-21(9-11-22)13-14-2-7-17(19)20-12-14/h2-7,12H,8-11,13H2,1H3,(H2,19,20). The molecule has 1 saturated heterocycles. The van der Waals surface area contributed by atoms with Crippen molar-refractivity contribution in [1.29, 1.82) is 0 Å². The van der Waals surface area contributed by atoms with Crippen LogP contribution in [0.4, 0.5) is 11.5 Å². The number of nitrogens with zero attached hydrogens (tertiary/aromatic N) is 3. The van der Waals surface area contributed by atoms with Crippen LogP contribution in [0.3, 0.4) is 0 Å². The van der Waals surface area contributed by atoms with E-state index in [-0.39, 0.29) is 5.97 Å². The van der Waals surface area contributed by atoms with Crippen LogP contribution in [0, 0.1) is 0 Å². The summed E-state index contributed by atoms with van der Waals surface area (Å²) >= 11 is 0. The average molecular weight is 326 g/mol. The second-order valence-electron chi connectivity index (χ2n) is 5.89. The molecule has 0 atom stereocenters. The number of nitrogen functional groups attached to an aromatic ring is 1. The van der Waals surface area contributed by atoms with Crippen molar-refractivity contribution in [2.75, 3.05) is 43.9 Å². The maximum absolute atomic E-state index is 11.5. The van der Waals surface area contributed by atoms with E-state index in [1.807, 2.05) is 42.6 Å². The van der Waals surface area contributed by atoms with Gasteiger partial charge in [-0.1, -0.05) is 6.07 Å². The Morgan fingerprint density at radius 1 is 1.12 bits per heavy atom. The minimum Gasteiger partial charge on any atom is -0.465 e. The van der Waals surface area contributed by atoms with Crippen LogP contribution in [0.15, 0.2) is 42.6 Å². The summed E-state index contributed by atoms with van der Waals surface area (Å²) in [5, 5.41) is 0. The third kappa shape index (κ3) is 3.83. The van der Waals surface area contributed by atoms with Gasteiger partial charge in [-0.3, -0.25) is 4.90 Å². The van der Waals surface area contributed by atoms with E-state index in [4.69, 9.17) is 10.5 Å². The first kappa shape index (κ1) is 16.3. The number of methoxy groups -OCH3 is 1. The van der Waals surface area contributed by atoms with Gasteiger partial charge in [0.05, 0.1) is 12.7 Å². The molecule has 0 amide bonds. The SMILES string of the molecule is COC(=O)c1ccc(N2CCN(Cc3ccc(N)nc3)CC2)cc1. The zero-order valence-corrected chi connectivity index (χ0v) is 13.8. The molecular weight excluding hydrogens is 304 g/mol. The number of nitrogens with two attached hydrogens (primary N) is 1. The molecule has 0 aliphatic carbocycles. The first-order valence-electron chi connectivity index (χ1n) is 8.02. The molecule has 6 heteroatoms. The Morgan fingerprint density at radius 2 is 1.83 bits per heavy atom. The highest BCUT2D eigenvalue weighted by molar-refractivity contribution is 5.89. The molecule has 126 valence electrons. The predicted molar refractivity (Wildman–Crippen MR) is 93.9 cm³/mol. The fourth-order valence-corrected chi connectivity index (χ4v) is 2.88. The van der Waals surface area contributed by atoms with Gasteiger partial charge in [0.2, 0.25) is 0 Å². The van der Waals surface area contributed by atoms with E-state index >= 15 is 0 Å². The van der Waals surface area contributed by atoms with Gasteiger partial charge in [-0.2, -0.15) is 0 Å².